The van der Waals surface area contributed by atoms with E-state index in [9.17, 15) is 4.79 Å². The number of hydrogen-bond donors (Lipinski definition) is 1. The molecule has 1 aromatic carbocycles. The first-order valence-electron chi connectivity index (χ1n) is 6.86. The van der Waals surface area contributed by atoms with Crippen LogP contribution in [0.3, 0.4) is 0 Å². The average molecular weight is 346 g/mol. The summed E-state index contributed by atoms with van der Waals surface area (Å²) in [5.74, 6) is -0.0679. The fourth-order valence-corrected chi connectivity index (χ4v) is 3.99. The first kappa shape index (κ1) is 15.8. The van der Waals surface area contributed by atoms with E-state index in [1.165, 1.54) is 29.4 Å². The molecule has 1 atom stereocenters. The molecular weight excluding hydrogens is 332 g/mol. The summed E-state index contributed by atoms with van der Waals surface area (Å²) in [5.41, 5.74) is 2.03. The van der Waals surface area contributed by atoms with Crippen LogP contribution in [0.5, 0.6) is 5.75 Å². The van der Waals surface area contributed by atoms with E-state index in [2.05, 4.69) is 9.97 Å². The van der Waals surface area contributed by atoms with E-state index in [1.54, 1.807) is 14.0 Å². The number of ether oxygens (including phenoxy) is 1. The molecular formula is C16H14N2O3S2. The van der Waals surface area contributed by atoms with Crippen molar-refractivity contribution in [3.63, 3.8) is 0 Å². The number of rotatable bonds is 5. The number of benzene rings is 1. The first-order valence-corrected chi connectivity index (χ1v) is 8.62. The van der Waals surface area contributed by atoms with Crippen LogP contribution in [-0.2, 0) is 4.79 Å². The highest BCUT2D eigenvalue weighted by Gasteiger charge is 2.19. The maximum atomic E-state index is 11.1. The summed E-state index contributed by atoms with van der Waals surface area (Å²) in [6.07, 6.45) is 1.48. The van der Waals surface area contributed by atoms with E-state index in [0.29, 0.717) is 5.03 Å². The predicted molar refractivity (Wildman–Crippen MR) is 92.4 cm³/mol. The molecule has 0 fully saturated rings. The Kier molecular flexibility index (Phi) is 4.49. The molecule has 7 heteroatoms. The molecule has 0 amide bonds. The summed E-state index contributed by atoms with van der Waals surface area (Å²) < 4.78 is 5.19. The molecule has 2 aromatic heterocycles. The number of carboxylic acid groups (broad SMARTS) is 1. The van der Waals surface area contributed by atoms with Gasteiger partial charge >= 0.3 is 5.97 Å². The van der Waals surface area contributed by atoms with Gasteiger partial charge in [-0.3, -0.25) is 4.79 Å². The molecule has 2 heterocycles. The molecule has 1 N–H and O–H groups in total. The molecule has 0 aliphatic rings. The Balaban J connectivity index is 2.08. The summed E-state index contributed by atoms with van der Waals surface area (Å²) in [4.78, 5) is 20.6. The van der Waals surface area contributed by atoms with E-state index in [4.69, 9.17) is 9.84 Å². The van der Waals surface area contributed by atoms with Crippen molar-refractivity contribution in [2.75, 3.05) is 7.11 Å². The fourth-order valence-electron chi connectivity index (χ4n) is 2.14. The van der Waals surface area contributed by atoms with Gasteiger partial charge in [0.05, 0.1) is 12.5 Å². The van der Waals surface area contributed by atoms with Crippen LogP contribution in [0, 0.1) is 0 Å². The standard InChI is InChI=1S/C16H14N2O3S2/c1-9(16(19)20)23-15-13-12(7-22-14(13)17-8-18-15)10-3-5-11(21-2)6-4-10/h3-9H,1-2H3,(H,19,20)/t9-/m0/s1. The number of carboxylic acids is 1. The van der Waals surface area contributed by atoms with Crippen LogP contribution in [0.15, 0.2) is 41.0 Å². The fraction of sp³-hybridized carbons (Fsp3) is 0.188. The normalized spacial score (nSPS) is 12.3. The van der Waals surface area contributed by atoms with Crippen LogP contribution in [0.1, 0.15) is 6.92 Å². The quantitative estimate of drug-likeness (QED) is 0.557. The lowest BCUT2D eigenvalue weighted by atomic mass is 10.1. The van der Waals surface area contributed by atoms with Crippen LogP contribution in [0.4, 0.5) is 0 Å². The second-order valence-electron chi connectivity index (χ2n) is 4.84. The second-order valence-corrected chi connectivity index (χ2v) is 7.02. The van der Waals surface area contributed by atoms with Crippen molar-refractivity contribution in [2.24, 2.45) is 0 Å². The number of thioether (sulfide) groups is 1. The number of nitrogens with zero attached hydrogens (tertiary/aromatic N) is 2. The van der Waals surface area contributed by atoms with Gasteiger partial charge in [-0.1, -0.05) is 23.9 Å². The molecule has 0 saturated carbocycles. The smallest absolute Gasteiger partial charge is 0.316 e. The van der Waals surface area contributed by atoms with Crippen molar-refractivity contribution in [2.45, 2.75) is 17.2 Å². The number of methoxy groups -OCH3 is 1. The maximum absolute atomic E-state index is 11.1. The van der Waals surface area contributed by atoms with Gasteiger partial charge in [0.2, 0.25) is 0 Å². The zero-order chi connectivity index (χ0) is 16.4. The van der Waals surface area contributed by atoms with Crippen LogP contribution in [0.25, 0.3) is 21.3 Å². The average Bonchev–Trinajstić information content (AvgIpc) is 3.00. The zero-order valence-electron chi connectivity index (χ0n) is 12.5. The lowest BCUT2D eigenvalue weighted by Crippen LogP contribution is -2.11. The molecule has 0 spiro atoms. The second kappa shape index (κ2) is 6.55. The largest absolute Gasteiger partial charge is 0.497 e. The Bertz CT molecular complexity index is 846. The first-order chi connectivity index (χ1) is 11.1. The van der Waals surface area contributed by atoms with Gasteiger partial charge in [-0.15, -0.1) is 11.3 Å². The highest BCUT2D eigenvalue weighted by molar-refractivity contribution is 8.00. The molecule has 5 nitrogen and oxygen atoms in total. The van der Waals surface area contributed by atoms with Crippen LogP contribution in [-0.4, -0.2) is 33.4 Å². The number of aromatic nitrogens is 2. The minimum absolute atomic E-state index is 0.572. The molecule has 0 bridgehead atoms. The third-order valence-electron chi connectivity index (χ3n) is 3.37. The van der Waals surface area contributed by atoms with Gasteiger partial charge in [0, 0.05) is 10.9 Å². The van der Waals surface area contributed by atoms with Crippen molar-refractivity contribution in [1.29, 1.82) is 0 Å². The Morgan fingerprint density at radius 2 is 2.04 bits per heavy atom. The molecule has 0 aliphatic carbocycles. The van der Waals surface area contributed by atoms with Gasteiger partial charge in [0.1, 0.15) is 27.2 Å². The number of aliphatic carboxylic acids is 1. The van der Waals surface area contributed by atoms with Gasteiger partial charge in [0.25, 0.3) is 0 Å². The lowest BCUT2D eigenvalue weighted by Gasteiger charge is -2.08. The predicted octanol–water partition coefficient (Wildman–Crippen LogP) is 3.93. The van der Waals surface area contributed by atoms with Crippen molar-refractivity contribution in [3.05, 3.63) is 36.0 Å². The van der Waals surface area contributed by atoms with Crippen molar-refractivity contribution < 1.29 is 14.6 Å². The number of fused-ring (bicyclic) bond motifs is 1. The number of hydrogen-bond acceptors (Lipinski definition) is 6. The Morgan fingerprint density at radius 1 is 1.30 bits per heavy atom. The van der Waals surface area contributed by atoms with Crippen LogP contribution < -0.4 is 4.74 Å². The highest BCUT2D eigenvalue weighted by atomic mass is 32.2. The monoisotopic (exact) mass is 346 g/mol. The molecule has 0 saturated heterocycles. The third-order valence-corrected chi connectivity index (χ3v) is 5.35. The molecule has 23 heavy (non-hydrogen) atoms. The molecule has 0 unspecified atom stereocenters. The maximum Gasteiger partial charge on any atom is 0.316 e. The van der Waals surface area contributed by atoms with Gasteiger partial charge < -0.3 is 9.84 Å². The van der Waals surface area contributed by atoms with Gasteiger partial charge in [-0.05, 0) is 24.6 Å². The SMILES string of the molecule is COc1ccc(-c2csc3ncnc(S[C@@H](C)C(=O)O)c23)cc1. The molecule has 0 radical (unpaired) electrons. The molecule has 118 valence electrons. The Hall–Kier alpha value is -2.12. The van der Waals surface area contributed by atoms with Crippen molar-refractivity contribution >= 4 is 39.3 Å². The highest BCUT2D eigenvalue weighted by Crippen LogP contribution is 2.39. The van der Waals surface area contributed by atoms with Gasteiger partial charge in [-0.2, -0.15) is 0 Å². The van der Waals surface area contributed by atoms with Crippen LogP contribution in [0.2, 0.25) is 0 Å². The van der Waals surface area contributed by atoms with Gasteiger partial charge in [0.15, 0.2) is 0 Å². The molecule has 3 rings (SSSR count). The van der Waals surface area contributed by atoms with Crippen molar-refractivity contribution in [3.8, 4) is 16.9 Å². The summed E-state index contributed by atoms with van der Waals surface area (Å²) in [6, 6.07) is 7.75. The molecule has 3 aromatic rings. The minimum atomic E-state index is -0.858. The van der Waals surface area contributed by atoms with E-state index in [-0.39, 0.29) is 0 Å². The van der Waals surface area contributed by atoms with E-state index < -0.39 is 11.2 Å². The molecule has 0 aliphatic heterocycles. The van der Waals surface area contributed by atoms with E-state index >= 15 is 0 Å². The summed E-state index contributed by atoms with van der Waals surface area (Å²) in [5, 5.41) is 12.2. The summed E-state index contributed by atoms with van der Waals surface area (Å²) >= 11 is 2.76. The summed E-state index contributed by atoms with van der Waals surface area (Å²) in [6.45, 7) is 1.65. The zero-order valence-corrected chi connectivity index (χ0v) is 14.1. The minimum Gasteiger partial charge on any atom is -0.497 e. The van der Waals surface area contributed by atoms with Gasteiger partial charge in [-0.25, -0.2) is 9.97 Å². The third kappa shape index (κ3) is 3.16. The summed E-state index contributed by atoms with van der Waals surface area (Å²) in [7, 11) is 1.63. The lowest BCUT2D eigenvalue weighted by molar-refractivity contribution is -0.136. The number of thiophene rings is 1. The van der Waals surface area contributed by atoms with E-state index in [1.807, 2.05) is 29.6 Å². The topological polar surface area (TPSA) is 72.3 Å². The Labute approximate surface area is 141 Å². The van der Waals surface area contributed by atoms with Crippen LogP contribution >= 0.6 is 23.1 Å². The Morgan fingerprint density at radius 3 is 2.70 bits per heavy atom. The number of carbonyl (C=O) groups is 1. The van der Waals surface area contributed by atoms with E-state index in [0.717, 1.165) is 27.1 Å². The van der Waals surface area contributed by atoms with Crippen molar-refractivity contribution in [1.82, 2.24) is 9.97 Å².